The first-order valence-corrected chi connectivity index (χ1v) is 8.07. The lowest BCUT2D eigenvalue weighted by atomic mass is 10.0. The van der Waals surface area contributed by atoms with Crippen LogP contribution in [0, 0.1) is 5.41 Å². The fourth-order valence-corrected chi connectivity index (χ4v) is 3.65. The first-order valence-electron chi connectivity index (χ1n) is 6.29. The van der Waals surface area contributed by atoms with E-state index in [2.05, 4.69) is 53.9 Å². The van der Waals surface area contributed by atoms with Gasteiger partial charge in [0.2, 0.25) is 0 Å². The molecule has 1 aromatic heterocycles. The van der Waals surface area contributed by atoms with Crippen molar-refractivity contribution in [3.8, 4) is 0 Å². The summed E-state index contributed by atoms with van der Waals surface area (Å²) in [6.07, 6.45) is 1.86. The molecule has 0 spiro atoms. The predicted molar refractivity (Wildman–Crippen MR) is 84.7 cm³/mol. The van der Waals surface area contributed by atoms with Gasteiger partial charge in [-0.1, -0.05) is 20.8 Å². The third kappa shape index (κ3) is 3.74. The van der Waals surface area contributed by atoms with Crippen LogP contribution < -0.4 is 0 Å². The number of aromatic nitrogens is 2. The largest absolute Gasteiger partial charge is 0.394 e. The van der Waals surface area contributed by atoms with Crippen molar-refractivity contribution in [2.24, 2.45) is 5.41 Å². The lowest BCUT2D eigenvalue weighted by Gasteiger charge is -2.17. The minimum Gasteiger partial charge on any atom is -0.394 e. The van der Waals surface area contributed by atoms with Crippen molar-refractivity contribution in [2.75, 3.05) is 12.4 Å². The van der Waals surface area contributed by atoms with E-state index in [1.807, 2.05) is 22.6 Å². The molecule has 0 amide bonds. The summed E-state index contributed by atoms with van der Waals surface area (Å²) in [6, 6.07) is 4.30. The lowest BCUT2D eigenvalue weighted by molar-refractivity contribution is 0.271. The van der Waals surface area contributed by atoms with Crippen molar-refractivity contribution >= 4 is 38.6 Å². The Morgan fingerprint density at radius 3 is 2.74 bits per heavy atom. The van der Waals surface area contributed by atoms with Crippen molar-refractivity contribution < 1.29 is 5.11 Å². The van der Waals surface area contributed by atoms with E-state index in [1.165, 1.54) is 4.90 Å². The predicted octanol–water partition coefficient (Wildman–Crippen LogP) is 3.93. The van der Waals surface area contributed by atoms with E-state index in [0.717, 1.165) is 21.1 Å². The minimum atomic E-state index is 0.101. The van der Waals surface area contributed by atoms with Crippen molar-refractivity contribution in [3.05, 3.63) is 22.8 Å². The lowest BCUT2D eigenvalue weighted by Crippen LogP contribution is -2.08. The molecule has 0 saturated carbocycles. The number of nitrogens with zero attached hydrogens (tertiary/aromatic N) is 2. The first kappa shape index (κ1) is 14.9. The zero-order valence-electron chi connectivity index (χ0n) is 11.5. The molecule has 19 heavy (non-hydrogen) atoms. The Hall–Kier alpha value is -0.520. The van der Waals surface area contributed by atoms with E-state index in [9.17, 15) is 0 Å². The topological polar surface area (TPSA) is 38.0 Å². The zero-order valence-corrected chi connectivity index (χ0v) is 13.9. The molecule has 104 valence electrons. The fourth-order valence-electron chi connectivity index (χ4n) is 1.80. The monoisotopic (exact) mass is 342 g/mol. The molecular weight excluding hydrogens is 324 g/mol. The van der Waals surface area contributed by atoms with E-state index in [4.69, 9.17) is 5.11 Å². The molecule has 1 N–H and O–H groups in total. The minimum absolute atomic E-state index is 0.101. The molecule has 0 saturated heterocycles. The molecule has 0 bridgehead atoms. The van der Waals surface area contributed by atoms with Gasteiger partial charge in [0.25, 0.3) is 0 Å². The summed E-state index contributed by atoms with van der Waals surface area (Å²) in [5.41, 5.74) is 1.36. The van der Waals surface area contributed by atoms with Gasteiger partial charge in [-0.05, 0) is 33.5 Å². The van der Waals surface area contributed by atoms with Crippen LogP contribution in [0.3, 0.4) is 0 Å². The van der Waals surface area contributed by atoms with Crippen LogP contribution in [-0.2, 0) is 6.54 Å². The first-order chi connectivity index (χ1) is 8.90. The van der Waals surface area contributed by atoms with Crippen LogP contribution in [0.15, 0.2) is 27.7 Å². The summed E-state index contributed by atoms with van der Waals surface area (Å²) in [6.45, 7) is 7.35. The molecule has 0 aliphatic rings. The highest BCUT2D eigenvalue weighted by Crippen LogP contribution is 2.33. The third-order valence-corrected chi connectivity index (χ3v) is 4.83. The van der Waals surface area contributed by atoms with Gasteiger partial charge in [0.15, 0.2) is 0 Å². The maximum absolute atomic E-state index is 9.04. The Bertz CT molecular complexity index is 575. The SMILES string of the molecule is CC(C)(C)CSc1cc(Br)c2c(cnn2CCO)c1. The summed E-state index contributed by atoms with van der Waals surface area (Å²) < 4.78 is 2.87. The molecule has 0 aliphatic carbocycles. The number of rotatable bonds is 4. The Morgan fingerprint density at radius 1 is 1.37 bits per heavy atom. The number of hydrogen-bond donors (Lipinski definition) is 1. The Balaban J connectivity index is 2.30. The average molecular weight is 343 g/mol. The molecule has 0 atom stereocenters. The van der Waals surface area contributed by atoms with Crippen LogP contribution in [0.4, 0.5) is 0 Å². The number of hydrogen-bond acceptors (Lipinski definition) is 3. The second kappa shape index (κ2) is 5.85. The van der Waals surface area contributed by atoms with Gasteiger partial charge in [-0.25, -0.2) is 0 Å². The van der Waals surface area contributed by atoms with Crippen molar-refractivity contribution in [1.29, 1.82) is 0 Å². The summed E-state index contributed by atoms with van der Waals surface area (Å²) in [7, 11) is 0. The quantitative estimate of drug-likeness (QED) is 0.855. The molecule has 3 nitrogen and oxygen atoms in total. The highest BCUT2D eigenvalue weighted by Gasteiger charge is 2.13. The molecule has 0 aliphatic heterocycles. The van der Waals surface area contributed by atoms with Crippen LogP contribution in [0.2, 0.25) is 0 Å². The molecule has 0 unspecified atom stereocenters. The van der Waals surface area contributed by atoms with Crippen LogP contribution in [0.1, 0.15) is 20.8 Å². The van der Waals surface area contributed by atoms with Gasteiger partial charge < -0.3 is 5.11 Å². The van der Waals surface area contributed by atoms with Crippen molar-refractivity contribution in [1.82, 2.24) is 9.78 Å². The van der Waals surface area contributed by atoms with Crippen LogP contribution >= 0.6 is 27.7 Å². The second-order valence-electron chi connectivity index (χ2n) is 5.78. The smallest absolute Gasteiger partial charge is 0.0826 e. The zero-order chi connectivity index (χ0) is 14.0. The van der Waals surface area contributed by atoms with Gasteiger partial charge >= 0.3 is 0 Å². The number of benzene rings is 1. The van der Waals surface area contributed by atoms with Gasteiger partial charge in [0.1, 0.15) is 0 Å². The van der Waals surface area contributed by atoms with E-state index < -0.39 is 0 Å². The number of thioether (sulfide) groups is 1. The number of fused-ring (bicyclic) bond motifs is 1. The second-order valence-corrected chi connectivity index (χ2v) is 7.69. The maximum atomic E-state index is 9.04. The maximum Gasteiger partial charge on any atom is 0.0826 e. The molecular formula is C14H19BrN2OS. The standard InChI is InChI=1S/C14H19BrN2OS/c1-14(2,3)9-19-11-6-10-8-16-17(4-5-18)13(10)12(15)7-11/h6-8,18H,4-5,9H2,1-3H3. The van der Waals surface area contributed by atoms with Crippen LogP contribution in [0.5, 0.6) is 0 Å². The summed E-state index contributed by atoms with van der Waals surface area (Å²) >= 11 is 5.47. The summed E-state index contributed by atoms with van der Waals surface area (Å²) in [5, 5.41) is 14.5. The molecule has 0 fully saturated rings. The van der Waals surface area contributed by atoms with Gasteiger partial charge in [-0.2, -0.15) is 5.10 Å². The summed E-state index contributed by atoms with van der Waals surface area (Å²) in [4.78, 5) is 1.25. The highest BCUT2D eigenvalue weighted by atomic mass is 79.9. The van der Waals surface area contributed by atoms with E-state index in [1.54, 1.807) is 0 Å². The van der Waals surface area contributed by atoms with Crippen molar-refractivity contribution in [2.45, 2.75) is 32.2 Å². The highest BCUT2D eigenvalue weighted by molar-refractivity contribution is 9.10. The summed E-state index contributed by atoms with van der Waals surface area (Å²) in [5.74, 6) is 1.08. The molecule has 0 radical (unpaired) electrons. The van der Waals surface area contributed by atoms with Gasteiger partial charge in [0.05, 0.1) is 24.9 Å². The molecule has 1 aromatic carbocycles. The van der Waals surface area contributed by atoms with Gasteiger partial charge in [-0.15, -0.1) is 11.8 Å². The molecule has 2 aromatic rings. The van der Waals surface area contributed by atoms with Crippen LogP contribution in [0.25, 0.3) is 10.9 Å². The average Bonchev–Trinajstić information content (AvgIpc) is 2.70. The number of aliphatic hydroxyl groups excluding tert-OH is 1. The Kier molecular flexibility index (Phi) is 4.58. The third-order valence-electron chi connectivity index (χ3n) is 2.64. The number of halogens is 1. The molecule has 2 rings (SSSR count). The molecule has 5 heteroatoms. The van der Waals surface area contributed by atoms with E-state index in [-0.39, 0.29) is 6.61 Å². The van der Waals surface area contributed by atoms with E-state index in [0.29, 0.717) is 12.0 Å². The van der Waals surface area contributed by atoms with E-state index >= 15 is 0 Å². The van der Waals surface area contributed by atoms with Gasteiger partial charge in [0, 0.05) is 20.5 Å². The van der Waals surface area contributed by atoms with Crippen molar-refractivity contribution in [3.63, 3.8) is 0 Å². The fraction of sp³-hybridized carbons (Fsp3) is 0.500. The Labute approximate surface area is 126 Å². The van der Waals surface area contributed by atoms with Gasteiger partial charge in [-0.3, -0.25) is 4.68 Å². The van der Waals surface area contributed by atoms with Crippen LogP contribution in [-0.4, -0.2) is 27.2 Å². The molecule has 1 heterocycles. The Morgan fingerprint density at radius 2 is 2.11 bits per heavy atom. The normalized spacial score (nSPS) is 12.3. The number of aliphatic hydroxyl groups is 1.